The van der Waals surface area contributed by atoms with Crippen LogP contribution in [0.4, 0.5) is 0 Å². The van der Waals surface area contributed by atoms with Crippen LogP contribution >= 0.6 is 0 Å². The third-order valence-corrected chi connectivity index (χ3v) is 4.73. The second-order valence-corrected chi connectivity index (χ2v) is 6.95. The predicted octanol–water partition coefficient (Wildman–Crippen LogP) is 2.84. The lowest BCUT2D eigenvalue weighted by atomic mass is 9.77. The predicted molar refractivity (Wildman–Crippen MR) is 78.3 cm³/mol. The maximum Gasteiger partial charge on any atom is 0.0939 e. The standard InChI is InChI=1S/C16H31NO2/c1-13(2)11-17-7-4-14(3)15-5-8-19-16(10-15)6-9-18-12-16/h13-15,17H,4-12H2,1-3H3. The molecule has 2 heterocycles. The lowest BCUT2D eigenvalue weighted by Gasteiger charge is -2.39. The highest BCUT2D eigenvalue weighted by Crippen LogP contribution is 2.39. The molecule has 3 atom stereocenters. The fourth-order valence-corrected chi connectivity index (χ4v) is 3.37. The van der Waals surface area contributed by atoms with Crippen LogP contribution in [0, 0.1) is 17.8 Å². The molecule has 3 unspecified atom stereocenters. The van der Waals surface area contributed by atoms with E-state index < -0.39 is 0 Å². The average molecular weight is 269 g/mol. The number of ether oxygens (including phenoxy) is 2. The molecule has 112 valence electrons. The molecule has 3 heteroatoms. The molecule has 0 bridgehead atoms. The Balaban J connectivity index is 1.71. The first-order valence-electron chi connectivity index (χ1n) is 8.04. The van der Waals surface area contributed by atoms with Crippen LogP contribution in [0.15, 0.2) is 0 Å². The Hall–Kier alpha value is -0.120. The molecular formula is C16H31NO2. The van der Waals surface area contributed by atoms with Crippen molar-refractivity contribution in [3.8, 4) is 0 Å². The summed E-state index contributed by atoms with van der Waals surface area (Å²) in [5, 5.41) is 3.56. The summed E-state index contributed by atoms with van der Waals surface area (Å²) in [6.45, 7) is 11.9. The molecule has 0 aromatic heterocycles. The van der Waals surface area contributed by atoms with Crippen molar-refractivity contribution in [3.05, 3.63) is 0 Å². The van der Waals surface area contributed by atoms with Crippen molar-refractivity contribution in [1.29, 1.82) is 0 Å². The summed E-state index contributed by atoms with van der Waals surface area (Å²) in [6, 6.07) is 0. The summed E-state index contributed by atoms with van der Waals surface area (Å²) in [4.78, 5) is 0. The maximum absolute atomic E-state index is 6.02. The SMILES string of the molecule is CC(C)CNCCC(C)C1CCOC2(CCOC2)C1. The van der Waals surface area contributed by atoms with Crippen molar-refractivity contribution in [3.63, 3.8) is 0 Å². The Morgan fingerprint density at radius 1 is 1.26 bits per heavy atom. The van der Waals surface area contributed by atoms with Crippen molar-refractivity contribution in [2.75, 3.05) is 32.9 Å². The van der Waals surface area contributed by atoms with Gasteiger partial charge in [-0.15, -0.1) is 0 Å². The highest BCUT2D eigenvalue weighted by molar-refractivity contribution is 4.91. The molecule has 0 radical (unpaired) electrons. The van der Waals surface area contributed by atoms with Crippen LogP contribution in [0.3, 0.4) is 0 Å². The maximum atomic E-state index is 6.02. The quantitative estimate of drug-likeness (QED) is 0.752. The normalized spacial score (nSPS) is 33.2. The number of rotatable bonds is 6. The van der Waals surface area contributed by atoms with Gasteiger partial charge in [0.1, 0.15) is 0 Å². The van der Waals surface area contributed by atoms with E-state index in [4.69, 9.17) is 9.47 Å². The molecule has 0 saturated carbocycles. The van der Waals surface area contributed by atoms with Crippen molar-refractivity contribution in [2.24, 2.45) is 17.8 Å². The third-order valence-electron chi connectivity index (χ3n) is 4.73. The van der Waals surface area contributed by atoms with Gasteiger partial charge in [-0.3, -0.25) is 0 Å². The summed E-state index contributed by atoms with van der Waals surface area (Å²) in [7, 11) is 0. The molecule has 2 fully saturated rings. The molecular weight excluding hydrogens is 238 g/mol. The van der Waals surface area contributed by atoms with Crippen LogP contribution in [0.2, 0.25) is 0 Å². The fourth-order valence-electron chi connectivity index (χ4n) is 3.37. The van der Waals surface area contributed by atoms with E-state index in [2.05, 4.69) is 26.1 Å². The van der Waals surface area contributed by atoms with Crippen LogP contribution in [0.5, 0.6) is 0 Å². The van der Waals surface area contributed by atoms with Gasteiger partial charge in [-0.25, -0.2) is 0 Å². The Labute approximate surface area is 118 Å². The Morgan fingerprint density at radius 2 is 2.11 bits per heavy atom. The van der Waals surface area contributed by atoms with E-state index in [0.717, 1.165) is 57.1 Å². The molecule has 0 aliphatic carbocycles. The van der Waals surface area contributed by atoms with Crippen molar-refractivity contribution in [1.82, 2.24) is 5.32 Å². The van der Waals surface area contributed by atoms with Crippen molar-refractivity contribution < 1.29 is 9.47 Å². The monoisotopic (exact) mass is 269 g/mol. The largest absolute Gasteiger partial charge is 0.378 e. The molecule has 1 spiro atoms. The van der Waals surface area contributed by atoms with E-state index in [9.17, 15) is 0 Å². The molecule has 19 heavy (non-hydrogen) atoms. The second kappa shape index (κ2) is 7.05. The molecule has 2 aliphatic rings. The molecule has 2 rings (SSSR count). The summed E-state index contributed by atoms with van der Waals surface area (Å²) >= 11 is 0. The van der Waals surface area contributed by atoms with E-state index in [-0.39, 0.29) is 5.60 Å². The zero-order valence-electron chi connectivity index (χ0n) is 12.9. The van der Waals surface area contributed by atoms with Gasteiger partial charge in [-0.05, 0) is 50.1 Å². The molecule has 0 aromatic carbocycles. The summed E-state index contributed by atoms with van der Waals surface area (Å²) in [5.74, 6) is 2.36. The first-order valence-corrected chi connectivity index (χ1v) is 8.04. The lowest BCUT2D eigenvalue weighted by molar-refractivity contribution is -0.106. The van der Waals surface area contributed by atoms with Gasteiger partial charge < -0.3 is 14.8 Å². The topological polar surface area (TPSA) is 30.5 Å². The van der Waals surface area contributed by atoms with Crippen LogP contribution in [-0.4, -0.2) is 38.5 Å². The Kier molecular flexibility index (Phi) is 5.67. The van der Waals surface area contributed by atoms with Crippen LogP contribution in [0.25, 0.3) is 0 Å². The molecule has 2 aliphatic heterocycles. The second-order valence-electron chi connectivity index (χ2n) is 6.95. The molecule has 0 aromatic rings. The van der Waals surface area contributed by atoms with Gasteiger partial charge in [-0.2, -0.15) is 0 Å². The molecule has 1 N–H and O–H groups in total. The van der Waals surface area contributed by atoms with Gasteiger partial charge in [0.15, 0.2) is 0 Å². The van der Waals surface area contributed by atoms with E-state index >= 15 is 0 Å². The van der Waals surface area contributed by atoms with Crippen LogP contribution in [-0.2, 0) is 9.47 Å². The first-order chi connectivity index (χ1) is 9.11. The summed E-state index contributed by atoms with van der Waals surface area (Å²) in [5.41, 5.74) is 0.0720. The van der Waals surface area contributed by atoms with Gasteiger partial charge in [0, 0.05) is 19.6 Å². The zero-order valence-corrected chi connectivity index (χ0v) is 12.9. The van der Waals surface area contributed by atoms with Crippen molar-refractivity contribution >= 4 is 0 Å². The summed E-state index contributed by atoms with van der Waals surface area (Å²) in [6.07, 6.45) is 4.82. The van der Waals surface area contributed by atoms with Crippen LogP contribution in [0.1, 0.15) is 46.5 Å². The van der Waals surface area contributed by atoms with Gasteiger partial charge in [0.25, 0.3) is 0 Å². The van der Waals surface area contributed by atoms with E-state index in [0.29, 0.717) is 0 Å². The molecule has 2 saturated heterocycles. The Bertz CT molecular complexity index is 261. The lowest BCUT2D eigenvalue weighted by Crippen LogP contribution is -2.42. The minimum atomic E-state index is 0.0720. The average Bonchev–Trinajstić information content (AvgIpc) is 2.82. The highest BCUT2D eigenvalue weighted by Gasteiger charge is 2.41. The number of hydrogen-bond acceptors (Lipinski definition) is 3. The van der Waals surface area contributed by atoms with E-state index in [1.807, 2.05) is 0 Å². The highest BCUT2D eigenvalue weighted by atomic mass is 16.6. The number of nitrogens with one attached hydrogen (secondary N) is 1. The third kappa shape index (κ3) is 4.44. The van der Waals surface area contributed by atoms with Gasteiger partial charge >= 0.3 is 0 Å². The van der Waals surface area contributed by atoms with Crippen molar-refractivity contribution in [2.45, 2.75) is 52.1 Å². The van der Waals surface area contributed by atoms with Gasteiger partial charge in [0.05, 0.1) is 12.2 Å². The zero-order chi connectivity index (χ0) is 13.7. The Morgan fingerprint density at radius 3 is 2.79 bits per heavy atom. The number of hydrogen-bond donors (Lipinski definition) is 1. The minimum absolute atomic E-state index is 0.0720. The summed E-state index contributed by atoms with van der Waals surface area (Å²) < 4.78 is 11.6. The van der Waals surface area contributed by atoms with Crippen LogP contribution < -0.4 is 5.32 Å². The van der Waals surface area contributed by atoms with E-state index in [1.165, 1.54) is 19.3 Å². The van der Waals surface area contributed by atoms with Gasteiger partial charge in [-0.1, -0.05) is 20.8 Å². The molecule has 0 amide bonds. The minimum Gasteiger partial charge on any atom is -0.378 e. The van der Waals surface area contributed by atoms with E-state index in [1.54, 1.807) is 0 Å². The smallest absolute Gasteiger partial charge is 0.0939 e. The van der Waals surface area contributed by atoms with Gasteiger partial charge in [0.2, 0.25) is 0 Å². The fraction of sp³-hybridized carbons (Fsp3) is 1.00. The first kappa shape index (κ1) is 15.3. The molecule has 3 nitrogen and oxygen atoms in total.